The van der Waals surface area contributed by atoms with Gasteiger partial charge in [0.25, 0.3) is 0 Å². The number of aryl methyl sites for hydroxylation is 1. The first-order valence-corrected chi connectivity index (χ1v) is 9.18. The monoisotopic (exact) mass is 354 g/mol. The van der Waals surface area contributed by atoms with E-state index in [0.717, 1.165) is 49.7 Å². The second-order valence-electron chi connectivity index (χ2n) is 6.97. The van der Waals surface area contributed by atoms with Crippen LogP contribution in [0.1, 0.15) is 30.5 Å². The van der Waals surface area contributed by atoms with Crippen molar-refractivity contribution in [3.63, 3.8) is 0 Å². The summed E-state index contributed by atoms with van der Waals surface area (Å²) in [6, 6.07) is 10.1. The number of hydrogen-bond acceptors (Lipinski definition) is 5. The van der Waals surface area contributed by atoms with Crippen molar-refractivity contribution in [1.82, 2.24) is 14.9 Å². The van der Waals surface area contributed by atoms with Gasteiger partial charge in [0.1, 0.15) is 11.6 Å². The van der Waals surface area contributed by atoms with E-state index in [0.29, 0.717) is 12.5 Å². The summed E-state index contributed by atoms with van der Waals surface area (Å²) in [6.45, 7) is 4.61. The number of pyridine rings is 2. The minimum atomic E-state index is -0.716. The van der Waals surface area contributed by atoms with E-state index in [-0.39, 0.29) is 6.42 Å². The molecule has 0 unspecified atom stereocenters. The Hall–Kier alpha value is -2.47. The Morgan fingerprint density at radius 3 is 2.81 bits per heavy atom. The average molecular weight is 354 g/mol. The lowest BCUT2D eigenvalue weighted by Gasteiger charge is -2.31. The van der Waals surface area contributed by atoms with Gasteiger partial charge in [-0.3, -0.25) is 4.79 Å². The zero-order chi connectivity index (χ0) is 18.4. The zero-order valence-electron chi connectivity index (χ0n) is 15.2. The van der Waals surface area contributed by atoms with Gasteiger partial charge in [-0.25, -0.2) is 9.97 Å². The van der Waals surface area contributed by atoms with Crippen LogP contribution in [0.5, 0.6) is 0 Å². The van der Waals surface area contributed by atoms with Crippen LogP contribution in [0, 0.1) is 12.8 Å². The summed E-state index contributed by atoms with van der Waals surface area (Å²) >= 11 is 0. The number of aromatic nitrogens is 2. The van der Waals surface area contributed by atoms with E-state index < -0.39 is 5.97 Å². The number of piperidine rings is 1. The van der Waals surface area contributed by atoms with E-state index in [1.165, 1.54) is 5.56 Å². The fourth-order valence-electron chi connectivity index (χ4n) is 3.41. The Morgan fingerprint density at radius 1 is 1.27 bits per heavy atom. The van der Waals surface area contributed by atoms with Gasteiger partial charge < -0.3 is 15.3 Å². The smallest absolute Gasteiger partial charge is 0.304 e. The molecule has 1 aliphatic heterocycles. The van der Waals surface area contributed by atoms with Gasteiger partial charge in [0, 0.05) is 18.4 Å². The molecule has 3 rings (SSSR count). The number of nitrogens with one attached hydrogen (secondary N) is 1. The van der Waals surface area contributed by atoms with Crippen molar-refractivity contribution in [1.29, 1.82) is 0 Å². The summed E-state index contributed by atoms with van der Waals surface area (Å²) < 4.78 is 0. The average Bonchev–Trinajstić information content (AvgIpc) is 2.61. The molecule has 0 aliphatic carbocycles. The first kappa shape index (κ1) is 18.3. The van der Waals surface area contributed by atoms with Crippen molar-refractivity contribution in [3.05, 3.63) is 47.8 Å². The topological polar surface area (TPSA) is 78.4 Å². The third-order valence-electron chi connectivity index (χ3n) is 4.84. The highest BCUT2D eigenvalue weighted by molar-refractivity contribution is 5.66. The number of carboxylic acids is 1. The summed E-state index contributed by atoms with van der Waals surface area (Å²) in [4.78, 5) is 21.8. The maximum atomic E-state index is 10.7. The maximum absolute atomic E-state index is 10.7. The molecule has 1 aliphatic rings. The molecule has 0 saturated carbocycles. The molecular formula is C20H26N4O2. The molecule has 0 bridgehead atoms. The molecule has 6 nitrogen and oxygen atoms in total. The fourth-order valence-corrected chi connectivity index (χ4v) is 3.41. The highest BCUT2D eigenvalue weighted by Crippen LogP contribution is 2.23. The van der Waals surface area contributed by atoms with Gasteiger partial charge in [0.2, 0.25) is 0 Å². The molecule has 0 spiro atoms. The molecule has 0 amide bonds. The van der Waals surface area contributed by atoms with E-state index in [9.17, 15) is 4.79 Å². The van der Waals surface area contributed by atoms with Crippen LogP contribution in [0.4, 0.5) is 11.6 Å². The lowest BCUT2D eigenvalue weighted by molar-refractivity contribution is -0.137. The fraction of sp³-hybridized carbons (Fsp3) is 0.450. The third-order valence-corrected chi connectivity index (χ3v) is 4.84. The molecule has 0 aromatic carbocycles. The number of anilines is 2. The van der Waals surface area contributed by atoms with Crippen molar-refractivity contribution >= 4 is 17.6 Å². The molecule has 2 aromatic rings. The second-order valence-corrected chi connectivity index (χ2v) is 6.97. The first-order valence-electron chi connectivity index (χ1n) is 9.18. The summed E-state index contributed by atoms with van der Waals surface area (Å²) in [5.41, 5.74) is 2.25. The third kappa shape index (κ3) is 5.52. The molecule has 138 valence electrons. The highest BCUT2D eigenvalue weighted by atomic mass is 16.4. The Bertz CT molecular complexity index is 742. The number of likely N-dealkylation sites (tertiary alicyclic amines) is 1. The second kappa shape index (κ2) is 8.76. The van der Waals surface area contributed by atoms with E-state index >= 15 is 0 Å². The van der Waals surface area contributed by atoms with Crippen molar-refractivity contribution in [2.24, 2.45) is 5.92 Å². The molecule has 0 radical (unpaired) electrons. The van der Waals surface area contributed by atoms with Crippen molar-refractivity contribution in [2.45, 2.75) is 32.6 Å². The van der Waals surface area contributed by atoms with Crippen LogP contribution in [-0.4, -0.2) is 45.6 Å². The van der Waals surface area contributed by atoms with Crippen LogP contribution in [-0.2, 0) is 11.2 Å². The molecule has 1 fully saturated rings. The van der Waals surface area contributed by atoms with Gasteiger partial charge in [-0.05, 0) is 75.0 Å². The van der Waals surface area contributed by atoms with Gasteiger partial charge in [0.15, 0.2) is 0 Å². The van der Waals surface area contributed by atoms with Gasteiger partial charge in [0.05, 0.1) is 6.42 Å². The van der Waals surface area contributed by atoms with E-state index in [4.69, 9.17) is 5.11 Å². The molecular weight excluding hydrogens is 328 g/mol. The quantitative estimate of drug-likeness (QED) is 0.795. The summed E-state index contributed by atoms with van der Waals surface area (Å²) in [7, 11) is 0. The number of hydrogen-bond donors (Lipinski definition) is 2. The van der Waals surface area contributed by atoms with Crippen LogP contribution in [0.2, 0.25) is 0 Å². The van der Waals surface area contributed by atoms with E-state index in [1.54, 1.807) is 0 Å². The van der Waals surface area contributed by atoms with Crippen molar-refractivity contribution < 1.29 is 9.90 Å². The van der Waals surface area contributed by atoms with Gasteiger partial charge >= 0.3 is 5.97 Å². The number of nitrogens with zero attached hydrogens (tertiary/aromatic N) is 3. The summed E-state index contributed by atoms with van der Waals surface area (Å²) in [5.74, 6) is 1.55. The van der Waals surface area contributed by atoms with Crippen LogP contribution >= 0.6 is 0 Å². The van der Waals surface area contributed by atoms with E-state index in [2.05, 4.69) is 32.3 Å². The standard InChI is InChI=1S/C20H26N4O2/c1-15-3-2-4-18(22-15)23-19-14-17(5-9-21-19)13-16-6-10-24(11-7-16)12-8-20(25)26/h2-5,9,14,16H,6-8,10-13H2,1H3,(H,25,26)(H,21,22,23). The highest BCUT2D eigenvalue weighted by Gasteiger charge is 2.20. The number of rotatable bonds is 7. The largest absolute Gasteiger partial charge is 0.481 e. The Morgan fingerprint density at radius 2 is 2.08 bits per heavy atom. The zero-order valence-corrected chi connectivity index (χ0v) is 15.2. The number of carboxylic acid groups (broad SMARTS) is 1. The molecule has 6 heteroatoms. The van der Waals surface area contributed by atoms with Gasteiger partial charge in [-0.15, -0.1) is 0 Å². The van der Waals surface area contributed by atoms with Crippen molar-refractivity contribution in [3.8, 4) is 0 Å². The molecule has 0 atom stereocenters. The maximum Gasteiger partial charge on any atom is 0.304 e. The lowest BCUT2D eigenvalue weighted by Crippen LogP contribution is -2.35. The van der Waals surface area contributed by atoms with Crippen molar-refractivity contribution in [2.75, 3.05) is 25.0 Å². The molecule has 3 heterocycles. The Kier molecular flexibility index (Phi) is 6.17. The predicted octanol–water partition coefficient (Wildman–Crippen LogP) is 3.26. The number of aliphatic carboxylic acids is 1. The van der Waals surface area contributed by atoms with Crippen LogP contribution in [0.25, 0.3) is 0 Å². The van der Waals surface area contributed by atoms with Crippen LogP contribution in [0.3, 0.4) is 0 Å². The molecule has 1 saturated heterocycles. The van der Waals surface area contributed by atoms with Gasteiger partial charge in [-0.1, -0.05) is 6.07 Å². The lowest BCUT2D eigenvalue weighted by atomic mass is 9.90. The first-order chi connectivity index (χ1) is 12.6. The van der Waals surface area contributed by atoms with Crippen LogP contribution in [0.15, 0.2) is 36.5 Å². The SMILES string of the molecule is Cc1cccc(Nc2cc(CC3CCN(CCC(=O)O)CC3)ccn2)n1. The summed E-state index contributed by atoms with van der Waals surface area (Å²) in [5, 5.41) is 12.1. The molecule has 2 aromatic heterocycles. The molecule has 26 heavy (non-hydrogen) atoms. The van der Waals surface area contributed by atoms with Crippen LogP contribution < -0.4 is 5.32 Å². The van der Waals surface area contributed by atoms with Gasteiger partial charge in [-0.2, -0.15) is 0 Å². The normalized spacial score (nSPS) is 15.7. The summed E-state index contributed by atoms with van der Waals surface area (Å²) in [6.07, 6.45) is 5.34. The minimum absolute atomic E-state index is 0.233. The Balaban J connectivity index is 1.52. The Labute approximate surface area is 154 Å². The van der Waals surface area contributed by atoms with E-state index in [1.807, 2.05) is 31.3 Å². The minimum Gasteiger partial charge on any atom is -0.481 e. The predicted molar refractivity (Wildman–Crippen MR) is 102 cm³/mol. The number of carbonyl (C=O) groups is 1. The molecule has 2 N–H and O–H groups in total.